The maximum absolute atomic E-state index is 12.3. The Kier molecular flexibility index (Phi) is 6.15. The van der Waals surface area contributed by atoms with Gasteiger partial charge in [0, 0.05) is 22.6 Å². The van der Waals surface area contributed by atoms with Crippen molar-refractivity contribution in [2.45, 2.75) is 12.7 Å². The molecule has 0 aliphatic rings. The molecule has 152 valence electrons. The first-order chi connectivity index (χ1) is 14.6. The lowest BCUT2D eigenvalue weighted by Gasteiger charge is -2.07. The van der Waals surface area contributed by atoms with Crippen LogP contribution >= 0.6 is 23.4 Å². The van der Waals surface area contributed by atoms with Gasteiger partial charge in [0.05, 0.1) is 16.5 Å². The van der Waals surface area contributed by atoms with Crippen molar-refractivity contribution in [3.8, 4) is 22.8 Å². The third-order valence-corrected chi connectivity index (χ3v) is 5.43. The number of benzene rings is 2. The number of oxazole rings is 1. The molecule has 30 heavy (non-hydrogen) atoms. The highest BCUT2D eigenvalue weighted by atomic mass is 35.5. The molecule has 2 N–H and O–H groups in total. The Morgan fingerprint density at radius 3 is 2.77 bits per heavy atom. The minimum atomic E-state index is -0.121. The smallest absolute Gasteiger partial charge is 0.234 e. The number of anilines is 1. The van der Waals surface area contributed by atoms with Crippen LogP contribution in [0, 0.1) is 6.92 Å². The summed E-state index contributed by atoms with van der Waals surface area (Å²) in [7, 11) is 0. The van der Waals surface area contributed by atoms with Crippen LogP contribution in [0.4, 0.5) is 5.69 Å². The predicted molar refractivity (Wildman–Crippen MR) is 118 cm³/mol. The Morgan fingerprint density at radius 2 is 2.03 bits per heavy atom. The number of aromatic amines is 1. The van der Waals surface area contributed by atoms with Crippen molar-refractivity contribution in [1.82, 2.24) is 20.2 Å². The van der Waals surface area contributed by atoms with E-state index in [2.05, 4.69) is 25.5 Å². The number of halogens is 1. The zero-order valence-corrected chi connectivity index (χ0v) is 17.6. The summed E-state index contributed by atoms with van der Waals surface area (Å²) in [6.07, 6.45) is 1.62. The normalized spacial score (nSPS) is 10.9. The molecule has 0 radical (unpaired) electrons. The third-order valence-electron chi connectivity index (χ3n) is 4.15. The second-order valence-corrected chi connectivity index (χ2v) is 7.88. The Morgan fingerprint density at radius 1 is 1.20 bits per heavy atom. The van der Waals surface area contributed by atoms with Gasteiger partial charge < -0.3 is 9.73 Å². The molecule has 0 spiro atoms. The van der Waals surface area contributed by atoms with Crippen molar-refractivity contribution in [3.05, 3.63) is 71.3 Å². The lowest BCUT2D eigenvalue weighted by molar-refractivity contribution is -0.113. The molecule has 2 aromatic heterocycles. The first-order valence-electron chi connectivity index (χ1n) is 9.15. The number of aromatic nitrogens is 4. The molecule has 7 nitrogen and oxygen atoms in total. The van der Waals surface area contributed by atoms with Gasteiger partial charge in [-0.1, -0.05) is 29.8 Å². The molecule has 0 bridgehead atoms. The standard InChI is InChI=1S/C21H18ClN5O2S/c1-13-23-20(27-26-13)17-8-7-15(9-18(17)22)24-19(28)12-30-11-16-10-29-21(25-16)14-5-3-2-4-6-14/h2-10H,11-12H2,1H3,(H,24,28)(H,23,26,27). The minimum Gasteiger partial charge on any atom is -0.444 e. The zero-order chi connectivity index (χ0) is 20.9. The molecule has 9 heteroatoms. The topological polar surface area (TPSA) is 96.7 Å². The monoisotopic (exact) mass is 439 g/mol. The molecule has 4 aromatic rings. The Balaban J connectivity index is 1.29. The van der Waals surface area contributed by atoms with Crippen LogP contribution in [-0.2, 0) is 10.5 Å². The summed E-state index contributed by atoms with van der Waals surface area (Å²) in [6, 6.07) is 14.9. The third kappa shape index (κ3) is 4.90. The minimum absolute atomic E-state index is 0.121. The van der Waals surface area contributed by atoms with Gasteiger partial charge in [0.1, 0.15) is 12.1 Å². The average molecular weight is 440 g/mol. The molecule has 0 unspecified atom stereocenters. The number of carbonyl (C=O) groups is 1. The van der Waals surface area contributed by atoms with E-state index in [9.17, 15) is 4.79 Å². The van der Waals surface area contributed by atoms with Gasteiger partial charge in [-0.25, -0.2) is 9.97 Å². The number of carbonyl (C=O) groups excluding carboxylic acids is 1. The van der Waals surface area contributed by atoms with Crippen molar-refractivity contribution >= 4 is 35.0 Å². The number of hydrogen-bond acceptors (Lipinski definition) is 6. The fourth-order valence-electron chi connectivity index (χ4n) is 2.77. The first-order valence-corrected chi connectivity index (χ1v) is 10.7. The molecular formula is C21H18ClN5O2S. The van der Waals surface area contributed by atoms with Crippen molar-refractivity contribution in [3.63, 3.8) is 0 Å². The molecule has 0 saturated heterocycles. The summed E-state index contributed by atoms with van der Waals surface area (Å²) >= 11 is 7.78. The van der Waals surface area contributed by atoms with E-state index in [4.69, 9.17) is 16.0 Å². The van der Waals surface area contributed by atoms with E-state index in [1.54, 1.807) is 24.5 Å². The van der Waals surface area contributed by atoms with Gasteiger partial charge in [0.2, 0.25) is 11.8 Å². The Hall–Kier alpha value is -3.10. The van der Waals surface area contributed by atoms with E-state index in [-0.39, 0.29) is 11.7 Å². The summed E-state index contributed by atoms with van der Waals surface area (Å²) < 4.78 is 5.51. The highest BCUT2D eigenvalue weighted by Crippen LogP contribution is 2.28. The van der Waals surface area contributed by atoms with Crippen LogP contribution < -0.4 is 5.32 Å². The molecule has 0 aliphatic heterocycles. The molecule has 1 amide bonds. The average Bonchev–Trinajstić information content (AvgIpc) is 3.38. The highest BCUT2D eigenvalue weighted by molar-refractivity contribution is 7.99. The quantitative estimate of drug-likeness (QED) is 0.422. The largest absolute Gasteiger partial charge is 0.444 e. The van der Waals surface area contributed by atoms with Gasteiger partial charge in [-0.05, 0) is 37.3 Å². The van der Waals surface area contributed by atoms with Gasteiger partial charge in [-0.3, -0.25) is 9.89 Å². The molecular weight excluding hydrogens is 422 g/mol. The number of hydrogen-bond donors (Lipinski definition) is 2. The molecule has 4 rings (SSSR count). The van der Waals surface area contributed by atoms with Crippen molar-refractivity contribution in [1.29, 1.82) is 0 Å². The number of aryl methyl sites for hydroxylation is 1. The van der Waals surface area contributed by atoms with E-state index in [0.717, 1.165) is 11.3 Å². The van der Waals surface area contributed by atoms with Gasteiger partial charge >= 0.3 is 0 Å². The Labute approximate surface area is 182 Å². The van der Waals surface area contributed by atoms with Gasteiger partial charge in [-0.15, -0.1) is 11.8 Å². The number of H-pyrrole nitrogens is 1. The fraction of sp³-hybridized carbons (Fsp3) is 0.143. The van der Waals surface area contributed by atoms with Gasteiger partial charge in [0.25, 0.3) is 0 Å². The van der Waals surface area contributed by atoms with E-state index in [1.807, 2.05) is 37.3 Å². The second kappa shape index (κ2) is 9.15. The molecule has 0 atom stereocenters. The van der Waals surface area contributed by atoms with Gasteiger partial charge in [-0.2, -0.15) is 5.10 Å². The lowest BCUT2D eigenvalue weighted by Crippen LogP contribution is -2.14. The number of thioether (sulfide) groups is 1. The number of nitrogens with zero attached hydrogens (tertiary/aromatic N) is 3. The molecule has 0 saturated carbocycles. The summed E-state index contributed by atoms with van der Waals surface area (Å²) in [6.45, 7) is 1.82. The molecule has 0 aliphatic carbocycles. The summed E-state index contributed by atoms with van der Waals surface area (Å²) in [4.78, 5) is 21.0. The van der Waals surface area contributed by atoms with Gasteiger partial charge in [0.15, 0.2) is 5.82 Å². The number of amides is 1. The second-order valence-electron chi connectivity index (χ2n) is 6.49. The van der Waals surface area contributed by atoms with Crippen LogP contribution in [0.5, 0.6) is 0 Å². The number of nitrogens with one attached hydrogen (secondary N) is 2. The first kappa shape index (κ1) is 20.2. The number of rotatable bonds is 7. The molecule has 2 heterocycles. The van der Waals surface area contributed by atoms with Crippen molar-refractivity contribution in [2.24, 2.45) is 0 Å². The van der Waals surface area contributed by atoms with Crippen molar-refractivity contribution in [2.75, 3.05) is 11.1 Å². The lowest BCUT2D eigenvalue weighted by atomic mass is 10.2. The maximum atomic E-state index is 12.3. The zero-order valence-electron chi connectivity index (χ0n) is 16.1. The Bertz CT molecular complexity index is 1160. The van der Waals surface area contributed by atoms with E-state index in [0.29, 0.717) is 39.6 Å². The van der Waals surface area contributed by atoms with Crippen LogP contribution in [-0.4, -0.2) is 31.8 Å². The predicted octanol–water partition coefficient (Wildman–Crippen LogP) is 4.96. The summed E-state index contributed by atoms with van der Waals surface area (Å²) in [5.41, 5.74) is 3.04. The van der Waals surface area contributed by atoms with Crippen LogP contribution in [0.3, 0.4) is 0 Å². The SMILES string of the molecule is Cc1nc(-c2ccc(NC(=O)CSCc3coc(-c4ccccc4)n3)cc2Cl)n[nH]1. The van der Waals surface area contributed by atoms with Crippen LogP contribution in [0.15, 0.2) is 59.2 Å². The van der Waals surface area contributed by atoms with E-state index < -0.39 is 0 Å². The highest BCUT2D eigenvalue weighted by Gasteiger charge is 2.11. The summed E-state index contributed by atoms with van der Waals surface area (Å²) in [5, 5.41) is 10.2. The van der Waals surface area contributed by atoms with E-state index in [1.165, 1.54) is 11.8 Å². The summed E-state index contributed by atoms with van der Waals surface area (Å²) in [5.74, 6) is 2.55. The fourth-order valence-corrected chi connectivity index (χ4v) is 3.74. The molecule has 2 aromatic carbocycles. The molecule has 0 fully saturated rings. The van der Waals surface area contributed by atoms with Crippen LogP contribution in [0.1, 0.15) is 11.5 Å². The van der Waals surface area contributed by atoms with Crippen LogP contribution in [0.2, 0.25) is 5.02 Å². The van der Waals surface area contributed by atoms with E-state index >= 15 is 0 Å². The van der Waals surface area contributed by atoms with Crippen LogP contribution in [0.25, 0.3) is 22.8 Å². The van der Waals surface area contributed by atoms with Crippen molar-refractivity contribution < 1.29 is 9.21 Å². The maximum Gasteiger partial charge on any atom is 0.234 e.